The third-order valence-corrected chi connectivity index (χ3v) is 5.08. The highest BCUT2D eigenvalue weighted by Crippen LogP contribution is 2.21. The lowest BCUT2D eigenvalue weighted by Crippen LogP contribution is -2.04. The van der Waals surface area contributed by atoms with Gasteiger partial charge in [0.2, 0.25) is 0 Å². The van der Waals surface area contributed by atoms with Crippen molar-refractivity contribution in [2.24, 2.45) is 0 Å². The van der Waals surface area contributed by atoms with Crippen LogP contribution in [-0.2, 0) is 6.54 Å². The normalized spacial score (nSPS) is 10.7. The number of unbranched alkanes of at least 4 members (excludes halogenated alkanes) is 7. The number of benzene rings is 2. The highest BCUT2D eigenvalue weighted by atomic mass is 16.5. The number of anilines is 1. The molecule has 2 rings (SSSR count). The molecule has 0 amide bonds. The Bertz CT molecular complexity index is 654. The number of hydrogen-bond donors (Lipinski definition) is 1. The Balaban J connectivity index is 1.72. The second-order valence-corrected chi connectivity index (χ2v) is 7.66. The van der Waals surface area contributed by atoms with Gasteiger partial charge in [-0.3, -0.25) is 0 Å². The number of hydrogen-bond acceptors (Lipinski definition) is 3. The van der Waals surface area contributed by atoms with Gasteiger partial charge in [-0.15, -0.1) is 0 Å². The number of para-hydroxylation sites is 1. The van der Waals surface area contributed by atoms with Crippen molar-refractivity contribution in [1.82, 2.24) is 0 Å². The Kier molecular flexibility index (Phi) is 11.8. The summed E-state index contributed by atoms with van der Waals surface area (Å²) in [6, 6.07) is 16.6. The smallest absolute Gasteiger partial charge is 0.124 e. The zero-order chi connectivity index (χ0) is 20.6. The van der Waals surface area contributed by atoms with Crippen LogP contribution < -0.4 is 14.8 Å². The van der Waals surface area contributed by atoms with Crippen LogP contribution in [0.2, 0.25) is 0 Å². The van der Waals surface area contributed by atoms with Gasteiger partial charge in [0.15, 0.2) is 0 Å². The molecule has 0 bridgehead atoms. The maximum Gasteiger partial charge on any atom is 0.124 e. The molecule has 3 nitrogen and oxygen atoms in total. The molecule has 0 aliphatic heterocycles. The lowest BCUT2D eigenvalue weighted by molar-refractivity contribution is 0.302. The van der Waals surface area contributed by atoms with Crippen molar-refractivity contribution < 1.29 is 9.47 Å². The molecule has 0 aromatic heterocycles. The molecule has 3 heteroatoms. The molecule has 0 spiro atoms. The minimum atomic E-state index is 0.753. The average molecular weight is 398 g/mol. The first kappa shape index (κ1) is 23.1. The van der Waals surface area contributed by atoms with Gasteiger partial charge in [-0.1, -0.05) is 77.0 Å². The highest BCUT2D eigenvalue weighted by Gasteiger charge is 2.03. The Hall–Kier alpha value is -2.16. The van der Waals surface area contributed by atoms with E-state index in [1.165, 1.54) is 50.5 Å². The number of nitrogens with one attached hydrogen (secondary N) is 1. The quantitative estimate of drug-likeness (QED) is 0.296. The van der Waals surface area contributed by atoms with Gasteiger partial charge in [0.05, 0.1) is 13.2 Å². The lowest BCUT2D eigenvalue weighted by Gasteiger charge is -2.13. The molecule has 0 aliphatic rings. The van der Waals surface area contributed by atoms with Gasteiger partial charge in [0.1, 0.15) is 11.5 Å². The Morgan fingerprint density at radius 1 is 0.655 bits per heavy atom. The summed E-state index contributed by atoms with van der Waals surface area (Å²) in [6.07, 6.45) is 11.2. The van der Waals surface area contributed by atoms with Crippen LogP contribution in [0.3, 0.4) is 0 Å². The summed E-state index contributed by atoms with van der Waals surface area (Å²) in [5.41, 5.74) is 2.29. The zero-order valence-electron chi connectivity index (χ0n) is 18.4. The van der Waals surface area contributed by atoms with Crippen LogP contribution in [0.4, 0.5) is 5.69 Å². The van der Waals surface area contributed by atoms with Crippen molar-refractivity contribution in [1.29, 1.82) is 0 Å². The molecule has 0 unspecified atom stereocenters. The minimum Gasteiger partial charge on any atom is -0.494 e. The van der Waals surface area contributed by atoms with Gasteiger partial charge in [0.25, 0.3) is 0 Å². The fourth-order valence-electron chi connectivity index (χ4n) is 3.26. The van der Waals surface area contributed by atoms with Crippen LogP contribution in [0.25, 0.3) is 0 Å². The van der Waals surface area contributed by atoms with Crippen molar-refractivity contribution >= 4 is 5.69 Å². The fraction of sp³-hybridized carbons (Fsp3) is 0.538. The SMILES string of the molecule is CCCCCCCOc1ccc(NCc2ccccc2OCCCCCC)cc1. The van der Waals surface area contributed by atoms with Crippen LogP contribution in [0, 0.1) is 0 Å². The number of rotatable bonds is 16. The molecule has 0 saturated heterocycles. The first-order valence-corrected chi connectivity index (χ1v) is 11.5. The Morgan fingerprint density at radius 2 is 1.28 bits per heavy atom. The van der Waals surface area contributed by atoms with Crippen molar-refractivity contribution in [3.05, 3.63) is 54.1 Å². The van der Waals surface area contributed by atoms with Crippen LogP contribution >= 0.6 is 0 Å². The summed E-state index contributed by atoms with van der Waals surface area (Å²) >= 11 is 0. The summed E-state index contributed by atoms with van der Waals surface area (Å²) in [4.78, 5) is 0. The zero-order valence-corrected chi connectivity index (χ0v) is 18.4. The van der Waals surface area contributed by atoms with Crippen molar-refractivity contribution in [3.8, 4) is 11.5 Å². The molecular formula is C26H39NO2. The van der Waals surface area contributed by atoms with Crippen LogP contribution in [0.1, 0.15) is 77.2 Å². The summed E-state index contributed by atoms with van der Waals surface area (Å²) in [5, 5.41) is 3.49. The Labute approximate surface area is 177 Å². The highest BCUT2D eigenvalue weighted by molar-refractivity contribution is 5.47. The number of ether oxygens (including phenoxy) is 2. The van der Waals surface area contributed by atoms with E-state index in [4.69, 9.17) is 9.47 Å². The molecule has 0 fully saturated rings. The van der Waals surface area contributed by atoms with Crippen molar-refractivity contribution in [3.63, 3.8) is 0 Å². The summed E-state index contributed by atoms with van der Waals surface area (Å²) < 4.78 is 11.9. The van der Waals surface area contributed by atoms with Gasteiger partial charge in [0, 0.05) is 17.8 Å². The molecule has 0 aliphatic carbocycles. The van der Waals surface area contributed by atoms with E-state index in [9.17, 15) is 0 Å². The van der Waals surface area contributed by atoms with Crippen LogP contribution in [-0.4, -0.2) is 13.2 Å². The predicted octanol–water partition coefficient (Wildman–Crippen LogP) is 7.61. The summed E-state index contributed by atoms with van der Waals surface area (Å²) in [5.74, 6) is 1.93. The molecule has 0 heterocycles. The largest absolute Gasteiger partial charge is 0.494 e. The molecule has 0 saturated carbocycles. The maximum absolute atomic E-state index is 6.01. The average Bonchev–Trinajstić information content (AvgIpc) is 2.76. The van der Waals surface area contributed by atoms with Crippen LogP contribution in [0.5, 0.6) is 11.5 Å². The molecule has 0 atom stereocenters. The van der Waals surface area contributed by atoms with E-state index in [-0.39, 0.29) is 0 Å². The molecular weight excluding hydrogens is 358 g/mol. The molecule has 2 aromatic rings. The van der Waals surface area contributed by atoms with E-state index >= 15 is 0 Å². The van der Waals surface area contributed by atoms with Gasteiger partial charge < -0.3 is 14.8 Å². The van der Waals surface area contributed by atoms with Gasteiger partial charge in [-0.2, -0.15) is 0 Å². The fourth-order valence-corrected chi connectivity index (χ4v) is 3.26. The van der Waals surface area contributed by atoms with E-state index in [0.717, 1.165) is 49.8 Å². The second kappa shape index (κ2) is 14.8. The van der Waals surface area contributed by atoms with Gasteiger partial charge in [-0.25, -0.2) is 0 Å². The topological polar surface area (TPSA) is 30.5 Å². The first-order chi connectivity index (χ1) is 14.3. The van der Waals surface area contributed by atoms with E-state index in [1.807, 2.05) is 18.2 Å². The molecule has 2 aromatic carbocycles. The second-order valence-electron chi connectivity index (χ2n) is 7.66. The summed E-state index contributed by atoms with van der Waals surface area (Å²) in [7, 11) is 0. The molecule has 0 radical (unpaired) electrons. The van der Waals surface area contributed by atoms with Crippen LogP contribution in [0.15, 0.2) is 48.5 Å². The first-order valence-electron chi connectivity index (χ1n) is 11.5. The lowest BCUT2D eigenvalue weighted by atomic mass is 10.2. The van der Waals surface area contributed by atoms with Crippen molar-refractivity contribution in [2.45, 2.75) is 78.2 Å². The monoisotopic (exact) mass is 397 g/mol. The molecule has 1 N–H and O–H groups in total. The maximum atomic E-state index is 6.01. The van der Waals surface area contributed by atoms with Crippen molar-refractivity contribution in [2.75, 3.05) is 18.5 Å². The van der Waals surface area contributed by atoms with E-state index in [2.05, 4.69) is 49.5 Å². The van der Waals surface area contributed by atoms with Gasteiger partial charge >= 0.3 is 0 Å². The van der Waals surface area contributed by atoms with E-state index < -0.39 is 0 Å². The predicted molar refractivity (Wildman–Crippen MR) is 124 cm³/mol. The third kappa shape index (κ3) is 9.74. The molecule has 160 valence electrons. The van der Waals surface area contributed by atoms with E-state index in [1.54, 1.807) is 0 Å². The molecule has 29 heavy (non-hydrogen) atoms. The standard InChI is InChI=1S/C26H39NO2/c1-3-5-7-9-13-20-28-25-18-16-24(17-19-25)27-22-23-14-10-11-15-26(23)29-21-12-8-6-4-2/h10-11,14-19,27H,3-9,12-13,20-22H2,1-2H3. The third-order valence-electron chi connectivity index (χ3n) is 5.08. The Morgan fingerprint density at radius 3 is 2.00 bits per heavy atom. The summed E-state index contributed by atoms with van der Waals surface area (Å²) in [6.45, 7) is 6.82. The van der Waals surface area contributed by atoms with E-state index in [0.29, 0.717) is 0 Å². The minimum absolute atomic E-state index is 0.753. The van der Waals surface area contributed by atoms with Gasteiger partial charge in [-0.05, 0) is 43.2 Å².